The number of methoxy groups -OCH3 is 1. The van der Waals surface area contributed by atoms with Crippen molar-refractivity contribution in [3.8, 4) is 5.75 Å². The molecule has 0 heterocycles. The predicted octanol–water partition coefficient (Wildman–Crippen LogP) is 4.96. The molecule has 0 aliphatic heterocycles. The number of halogens is 2. The first kappa shape index (κ1) is 16.8. The van der Waals surface area contributed by atoms with Crippen LogP contribution in [0.25, 0.3) is 0 Å². The first-order valence-corrected chi connectivity index (χ1v) is 8.82. The van der Waals surface area contributed by atoms with Gasteiger partial charge in [-0.25, -0.2) is 0 Å². The largest absolute Gasteiger partial charge is 0.497 e. The average molecular weight is 460 g/mol. The third kappa shape index (κ3) is 4.69. The van der Waals surface area contributed by atoms with Gasteiger partial charge in [-0.3, -0.25) is 0 Å². The summed E-state index contributed by atoms with van der Waals surface area (Å²) in [7, 11) is 1.70. The van der Waals surface area contributed by atoms with E-state index in [0.717, 1.165) is 23.2 Å². The van der Waals surface area contributed by atoms with Crippen molar-refractivity contribution in [2.45, 2.75) is 19.4 Å². The summed E-state index contributed by atoms with van der Waals surface area (Å²) in [6, 6.07) is 15.1. The Labute approximate surface area is 148 Å². The highest BCUT2D eigenvalue weighted by Crippen LogP contribution is 2.28. The first-order valence-electron chi connectivity index (χ1n) is 6.95. The van der Waals surface area contributed by atoms with E-state index in [1.54, 1.807) is 7.11 Å². The van der Waals surface area contributed by atoms with Gasteiger partial charge in [0.25, 0.3) is 0 Å². The Kier molecular flexibility index (Phi) is 6.51. The fourth-order valence-corrected chi connectivity index (χ4v) is 3.31. The van der Waals surface area contributed by atoms with Crippen molar-refractivity contribution in [1.29, 1.82) is 0 Å². The summed E-state index contributed by atoms with van der Waals surface area (Å²) in [6.07, 6.45) is 0.922. The zero-order chi connectivity index (χ0) is 15.2. The van der Waals surface area contributed by atoms with E-state index in [9.17, 15) is 0 Å². The fourth-order valence-electron chi connectivity index (χ4n) is 2.33. The van der Waals surface area contributed by atoms with Crippen LogP contribution in [-0.2, 0) is 6.42 Å². The maximum atomic E-state index is 5.33. The number of hydrogen-bond acceptors (Lipinski definition) is 2. The summed E-state index contributed by atoms with van der Waals surface area (Å²) in [5.41, 5.74) is 2.57. The van der Waals surface area contributed by atoms with Gasteiger partial charge in [-0.15, -0.1) is 0 Å². The monoisotopic (exact) mass is 459 g/mol. The molecule has 0 aliphatic carbocycles. The molecule has 1 N–H and O–H groups in total. The van der Waals surface area contributed by atoms with Gasteiger partial charge in [-0.2, -0.15) is 0 Å². The molecule has 1 unspecified atom stereocenters. The van der Waals surface area contributed by atoms with E-state index in [-0.39, 0.29) is 0 Å². The quantitative estimate of drug-likeness (QED) is 0.616. The van der Waals surface area contributed by atoms with Crippen molar-refractivity contribution in [1.82, 2.24) is 5.32 Å². The molecule has 21 heavy (non-hydrogen) atoms. The molecular formula is C17H19BrINO. The van der Waals surface area contributed by atoms with E-state index in [0.29, 0.717) is 6.04 Å². The van der Waals surface area contributed by atoms with Crippen LogP contribution in [0.4, 0.5) is 0 Å². The minimum atomic E-state index is 0.299. The lowest BCUT2D eigenvalue weighted by molar-refractivity contribution is 0.413. The number of ether oxygens (including phenoxy) is 1. The van der Waals surface area contributed by atoms with Gasteiger partial charge >= 0.3 is 0 Å². The molecule has 0 aliphatic rings. The van der Waals surface area contributed by atoms with Gasteiger partial charge < -0.3 is 10.1 Å². The summed E-state index contributed by atoms with van der Waals surface area (Å²) in [5.74, 6) is 0.895. The molecule has 0 saturated carbocycles. The molecule has 2 aromatic carbocycles. The van der Waals surface area contributed by atoms with E-state index >= 15 is 0 Å². The van der Waals surface area contributed by atoms with Gasteiger partial charge in [0, 0.05) is 14.1 Å². The van der Waals surface area contributed by atoms with Crippen LogP contribution in [0.3, 0.4) is 0 Å². The van der Waals surface area contributed by atoms with Gasteiger partial charge in [0.05, 0.1) is 7.11 Å². The number of benzene rings is 2. The van der Waals surface area contributed by atoms with Crippen molar-refractivity contribution in [3.05, 3.63) is 61.6 Å². The Balaban J connectivity index is 2.28. The number of likely N-dealkylation sites (N-methyl/N-ethyl adjacent to an activating group) is 1. The standard InChI is InChI=1S/C17H19BrINO/c1-3-20-17(12-5-4-6-14(19)9-12)11-13-10-15(21-2)7-8-16(13)18/h4-10,17,20H,3,11H2,1-2H3. The van der Waals surface area contributed by atoms with E-state index in [1.165, 1.54) is 14.7 Å². The topological polar surface area (TPSA) is 21.3 Å². The van der Waals surface area contributed by atoms with Gasteiger partial charge in [-0.05, 0) is 77.0 Å². The highest BCUT2D eigenvalue weighted by molar-refractivity contribution is 14.1. The number of nitrogens with one attached hydrogen (secondary N) is 1. The smallest absolute Gasteiger partial charge is 0.119 e. The Morgan fingerprint density at radius 1 is 1.24 bits per heavy atom. The second kappa shape index (κ2) is 8.15. The highest BCUT2D eigenvalue weighted by Gasteiger charge is 2.14. The normalized spacial score (nSPS) is 12.2. The van der Waals surface area contributed by atoms with Crippen LogP contribution in [0.15, 0.2) is 46.9 Å². The highest BCUT2D eigenvalue weighted by atomic mass is 127. The third-order valence-corrected chi connectivity index (χ3v) is 4.82. The van der Waals surface area contributed by atoms with E-state index in [2.05, 4.69) is 81.1 Å². The summed E-state index contributed by atoms with van der Waals surface area (Å²) in [5, 5.41) is 3.57. The molecule has 0 bridgehead atoms. The lowest BCUT2D eigenvalue weighted by Gasteiger charge is -2.20. The summed E-state index contributed by atoms with van der Waals surface area (Å²) < 4.78 is 7.72. The van der Waals surface area contributed by atoms with Gasteiger partial charge in [0.15, 0.2) is 0 Å². The molecule has 0 aromatic heterocycles. The molecule has 4 heteroatoms. The lowest BCUT2D eigenvalue weighted by atomic mass is 9.98. The Morgan fingerprint density at radius 2 is 2.05 bits per heavy atom. The van der Waals surface area contributed by atoms with Crippen molar-refractivity contribution in [2.24, 2.45) is 0 Å². The maximum absolute atomic E-state index is 5.33. The summed E-state index contributed by atoms with van der Waals surface area (Å²) in [4.78, 5) is 0. The second-order valence-corrected chi connectivity index (χ2v) is 6.93. The number of rotatable bonds is 6. The minimum Gasteiger partial charge on any atom is -0.497 e. The van der Waals surface area contributed by atoms with Crippen molar-refractivity contribution in [3.63, 3.8) is 0 Å². The molecule has 2 nitrogen and oxygen atoms in total. The summed E-state index contributed by atoms with van der Waals surface area (Å²) in [6.45, 7) is 3.08. The van der Waals surface area contributed by atoms with Crippen molar-refractivity contribution < 1.29 is 4.74 Å². The average Bonchev–Trinajstić information content (AvgIpc) is 2.49. The van der Waals surface area contributed by atoms with Gasteiger partial charge in [0.2, 0.25) is 0 Å². The molecule has 0 saturated heterocycles. The van der Waals surface area contributed by atoms with Crippen LogP contribution in [0.2, 0.25) is 0 Å². The van der Waals surface area contributed by atoms with Crippen molar-refractivity contribution >= 4 is 38.5 Å². The van der Waals surface area contributed by atoms with E-state index in [1.807, 2.05) is 12.1 Å². The minimum absolute atomic E-state index is 0.299. The summed E-state index contributed by atoms with van der Waals surface area (Å²) >= 11 is 6.00. The van der Waals surface area contributed by atoms with Crippen LogP contribution in [0.1, 0.15) is 24.1 Å². The molecule has 0 fully saturated rings. The Morgan fingerprint density at radius 3 is 2.71 bits per heavy atom. The van der Waals surface area contributed by atoms with Crippen molar-refractivity contribution in [2.75, 3.05) is 13.7 Å². The van der Waals surface area contributed by atoms with Crippen LogP contribution in [0.5, 0.6) is 5.75 Å². The molecular weight excluding hydrogens is 441 g/mol. The van der Waals surface area contributed by atoms with Crippen LogP contribution >= 0.6 is 38.5 Å². The lowest BCUT2D eigenvalue weighted by Crippen LogP contribution is -2.23. The van der Waals surface area contributed by atoms with E-state index < -0.39 is 0 Å². The maximum Gasteiger partial charge on any atom is 0.119 e. The van der Waals surface area contributed by atoms with Gasteiger partial charge in [0.1, 0.15) is 5.75 Å². The molecule has 2 aromatic rings. The molecule has 2 rings (SSSR count). The molecule has 0 amide bonds. The molecule has 0 radical (unpaired) electrons. The number of hydrogen-bond donors (Lipinski definition) is 1. The van der Waals surface area contributed by atoms with Gasteiger partial charge in [-0.1, -0.05) is 35.0 Å². The van der Waals surface area contributed by atoms with Crippen LogP contribution < -0.4 is 10.1 Å². The fraction of sp³-hybridized carbons (Fsp3) is 0.294. The SMILES string of the molecule is CCNC(Cc1cc(OC)ccc1Br)c1cccc(I)c1. The Hall–Kier alpha value is -0.590. The van der Waals surface area contributed by atoms with Crippen LogP contribution in [-0.4, -0.2) is 13.7 Å². The molecule has 112 valence electrons. The zero-order valence-corrected chi connectivity index (χ0v) is 15.9. The molecule has 0 spiro atoms. The molecule has 1 atom stereocenters. The first-order chi connectivity index (χ1) is 10.1. The van der Waals surface area contributed by atoms with E-state index in [4.69, 9.17) is 4.74 Å². The predicted molar refractivity (Wildman–Crippen MR) is 100.0 cm³/mol. The zero-order valence-electron chi connectivity index (χ0n) is 12.2. The van der Waals surface area contributed by atoms with Crippen LogP contribution in [0, 0.1) is 3.57 Å². The third-order valence-electron chi connectivity index (χ3n) is 3.38. The second-order valence-electron chi connectivity index (χ2n) is 4.83. The Bertz CT molecular complexity index is 603.